The van der Waals surface area contributed by atoms with Crippen molar-refractivity contribution in [2.45, 2.75) is 152 Å². The Morgan fingerprint density at radius 3 is 1.35 bits per heavy atom. The van der Waals surface area contributed by atoms with Crippen molar-refractivity contribution in [3.8, 4) is 23.7 Å². The summed E-state index contributed by atoms with van der Waals surface area (Å²) in [6.45, 7) is 4.49. The number of nitrogens with zero attached hydrogens (tertiary/aromatic N) is 2. The summed E-state index contributed by atoms with van der Waals surface area (Å²) in [6, 6.07) is 11.5. The molecule has 2 aliphatic carbocycles. The van der Waals surface area contributed by atoms with Crippen LogP contribution in [0.4, 0.5) is 0 Å². The number of hydrogen-bond acceptors (Lipinski definition) is 8. The van der Waals surface area contributed by atoms with Gasteiger partial charge in [-0.05, 0) is 125 Å². The Morgan fingerprint density at radius 2 is 0.970 bits per heavy atom. The number of nitrogens with one attached hydrogen (secondary N) is 6. The maximum absolute atomic E-state index is 14.2. The maximum Gasteiger partial charge on any atom is 0.246 e. The van der Waals surface area contributed by atoms with Gasteiger partial charge >= 0.3 is 0 Å². The standard InChI is InChI=1S/C50H66N8O6.2ClH/c1-5-37(51-3)45(59)55-41(49(63)57-31-17-29-43(57)47(61)53-39-27-15-21-33-19-11-13-23-35(33)39)25-9-7-8-10-26-42(56-46(60)38(6-2)52-4)50(64)58-32-18-30-44(58)48(62)54-40-28-16-22-34-20-12-14-24-36(34)40;;/h11-14,19-20,23-24,37-44,51-52H,5-6,15-18,21-22,25-32H2,1-4H3,(H,53,61)(H,54,62)(H,55,59)(H,56,60);2*1H/t37-,38-,39+,40+,41-,42-,43-,44-;;/m0../s1. The zero-order valence-corrected chi connectivity index (χ0v) is 40.3. The Hall–Kier alpha value is -5.12. The first-order valence-electron chi connectivity index (χ1n) is 23.4. The molecule has 6 N–H and O–H groups in total. The number of aryl methyl sites for hydroxylation is 2. The largest absolute Gasteiger partial charge is 0.347 e. The number of carbonyl (C=O) groups is 6. The van der Waals surface area contributed by atoms with Crippen LogP contribution in [0.5, 0.6) is 0 Å². The third kappa shape index (κ3) is 13.3. The number of hydrogen-bond donors (Lipinski definition) is 6. The van der Waals surface area contributed by atoms with Gasteiger partial charge in [-0.25, -0.2) is 0 Å². The summed E-state index contributed by atoms with van der Waals surface area (Å²) in [6.07, 6.45) is 8.72. The van der Waals surface area contributed by atoms with Crippen LogP contribution in [-0.4, -0.2) is 109 Å². The van der Waals surface area contributed by atoms with Crippen LogP contribution in [-0.2, 0) is 41.6 Å². The predicted octanol–water partition coefficient (Wildman–Crippen LogP) is 3.95. The number of likely N-dealkylation sites (N-methyl/N-ethyl adjacent to an activating group) is 2. The van der Waals surface area contributed by atoms with Gasteiger partial charge in [0, 0.05) is 25.9 Å². The molecule has 0 unspecified atom stereocenters. The van der Waals surface area contributed by atoms with Crippen LogP contribution >= 0.6 is 24.8 Å². The van der Waals surface area contributed by atoms with Crippen molar-refractivity contribution in [3.05, 3.63) is 70.8 Å². The van der Waals surface area contributed by atoms with E-state index in [1.165, 1.54) is 11.1 Å². The normalized spacial score (nSPS) is 21.2. The average Bonchev–Trinajstić information content (AvgIpc) is 4.02. The molecule has 6 amide bonds. The smallest absolute Gasteiger partial charge is 0.246 e. The van der Waals surface area contributed by atoms with Crippen molar-refractivity contribution in [2.75, 3.05) is 27.2 Å². The van der Waals surface area contributed by atoms with Gasteiger partial charge < -0.3 is 41.7 Å². The van der Waals surface area contributed by atoms with Gasteiger partial charge in [-0.2, -0.15) is 0 Å². The van der Waals surface area contributed by atoms with E-state index in [0.717, 1.165) is 49.7 Å². The Labute approximate surface area is 402 Å². The summed E-state index contributed by atoms with van der Waals surface area (Å²) in [7, 11) is 3.36. The fraction of sp³-hybridized carbons (Fsp3) is 0.560. The van der Waals surface area contributed by atoms with Crippen LogP contribution in [0.1, 0.15) is 125 Å². The highest BCUT2D eigenvalue weighted by Crippen LogP contribution is 2.32. The zero-order chi connectivity index (χ0) is 45.6. The van der Waals surface area contributed by atoms with Crippen LogP contribution in [0.3, 0.4) is 0 Å². The second kappa shape index (κ2) is 26.3. The Balaban J connectivity index is 0.00000476. The molecule has 0 saturated carbocycles. The Morgan fingerprint density at radius 1 is 0.576 bits per heavy atom. The van der Waals surface area contributed by atoms with E-state index in [-0.39, 0.29) is 85.2 Å². The van der Waals surface area contributed by atoms with Crippen molar-refractivity contribution >= 4 is 60.3 Å². The zero-order valence-electron chi connectivity index (χ0n) is 38.7. The highest BCUT2D eigenvalue weighted by molar-refractivity contribution is 5.95. The lowest BCUT2D eigenvalue weighted by Crippen LogP contribution is -2.56. The fourth-order valence-electron chi connectivity index (χ4n) is 9.73. The molecule has 16 heteroatoms. The van der Waals surface area contributed by atoms with Gasteiger partial charge in [0.1, 0.15) is 24.2 Å². The molecule has 0 bridgehead atoms. The van der Waals surface area contributed by atoms with Crippen molar-refractivity contribution in [1.82, 2.24) is 41.7 Å². The van der Waals surface area contributed by atoms with Gasteiger partial charge in [-0.1, -0.05) is 74.2 Å². The van der Waals surface area contributed by atoms with E-state index in [1.54, 1.807) is 23.9 Å². The number of rotatable bonds is 16. The first-order valence-corrected chi connectivity index (χ1v) is 23.4. The molecule has 2 fully saturated rings. The lowest BCUT2D eigenvalue weighted by Gasteiger charge is -2.31. The number of halogens is 2. The lowest BCUT2D eigenvalue weighted by atomic mass is 9.87. The predicted molar refractivity (Wildman–Crippen MR) is 259 cm³/mol. The average molecular weight is 948 g/mol. The van der Waals surface area contributed by atoms with E-state index in [2.05, 4.69) is 79.8 Å². The van der Waals surface area contributed by atoms with E-state index in [0.29, 0.717) is 51.6 Å². The highest BCUT2D eigenvalue weighted by atomic mass is 35.5. The molecule has 0 spiro atoms. The lowest BCUT2D eigenvalue weighted by molar-refractivity contribution is -0.141. The minimum atomic E-state index is -1.03. The minimum Gasteiger partial charge on any atom is -0.347 e. The van der Waals surface area contributed by atoms with E-state index < -0.39 is 36.3 Å². The first-order chi connectivity index (χ1) is 31.1. The highest BCUT2D eigenvalue weighted by Gasteiger charge is 2.40. The van der Waals surface area contributed by atoms with Gasteiger partial charge in [0.25, 0.3) is 0 Å². The molecular formula is C50H68Cl2N8O6. The topological polar surface area (TPSA) is 181 Å². The van der Waals surface area contributed by atoms with Gasteiger partial charge in [0.2, 0.25) is 35.4 Å². The summed E-state index contributed by atoms with van der Waals surface area (Å²) in [5, 5.41) is 18.2. The molecule has 4 aliphatic rings. The van der Waals surface area contributed by atoms with Gasteiger partial charge in [-0.3, -0.25) is 28.8 Å². The van der Waals surface area contributed by atoms with E-state index in [1.807, 2.05) is 38.1 Å². The number of carbonyl (C=O) groups excluding carboxylic acids is 6. The van der Waals surface area contributed by atoms with Crippen molar-refractivity contribution in [3.63, 3.8) is 0 Å². The van der Waals surface area contributed by atoms with E-state index in [9.17, 15) is 28.8 Å². The van der Waals surface area contributed by atoms with E-state index in [4.69, 9.17) is 0 Å². The van der Waals surface area contributed by atoms with Crippen molar-refractivity contribution < 1.29 is 28.8 Å². The van der Waals surface area contributed by atoms with Crippen molar-refractivity contribution in [1.29, 1.82) is 0 Å². The molecule has 2 aromatic rings. The van der Waals surface area contributed by atoms with Crippen molar-refractivity contribution in [2.24, 2.45) is 0 Å². The van der Waals surface area contributed by atoms with Crippen LogP contribution in [0.2, 0.25) is 0 Å². The molecule has 6 rings (SSSR count). The molecule has 2 saturated heterocycles. The number of benzene rings is 2. The van der Waals surface area contributed by atoms with Gasteiger partial charge in [-0.15, -0.1) is 24.8 Å². The molecule has 8 atom stereocenters. The Bertz CT molecular complexity index is 1990. The molecule has 2 aliphatic heterocycles. The molecule has 0 radical (unpaired) electrons. The second-order valence-corrected chi connectivity index (χ2v) is 17.3. The summed E-state index contributed by atoms with van der Waals surface area (Å²) >= 11 is 0. The quantitative estimate of drug-likeness (QED) is 0.137. The summed E-state index contributed by atoms with van der Waals surface area (Å²) in [4.78, 5) is 85.8. The number of amides is 6. The van der Waals surface area contributed by atoms with E-state index >= 15 is 0 Å². The molecule has 66 heavy (non-hydrogen) atoms. The third-order valence-electron chi connectivity index (χ3n) is 13.3. The minimum absolute atomic E-state index is 0. The van der Waals surface area contributed by atoms with Crippen LogP contribution < -0.4 is 31.9 Å². The second-order valence-electron chi connectivity index (χ2n) is 17.3. The molecule has 2 heterocycles. The van der Waals surface area contributed by atoms with Gasteiger partial charge in [0.15, 0.2) is 0 Å². The first kappa shape index (κ1) is 53.5. The van der Waals surface area contributed by atoms with Crippen LogP contribution in [0.25, 0.3) is 0 Å². The summed E-state index contributed by atoms with van der Waals surface area (Å²) in [5.41, 5.74) is 4.68. The summed E-state index contributed by atoms with van der Waals surface area (Å²) < 4.78 is 0. The van der Waals surface area contributed by atoms with Crippen LogP contribution in [0, 0.1) is 23.7 Å². The monoisotopic (exact) mass is 946 g/mol. The number of fused-ring (bicyclic) bond motifs is 2. The molecule has 0 aromatic heterocycles. The molecule has 2 aromatic carbocycles. The molecule has 358 valence electrons. The molecular weight excluding hydrogens is 880 g/mol. The fourth-order valence-corrected chi connectivity index (χ4v) is 9.73. The molecule has 14 nitrogen and oxygen atoms in total. The summed E-state index contributed by atoms with van der Waals surface area (Å²) in [5.74, 6) is 9.58. The SMILES string of the molecule is CC[C@H](NC)C(=O)N[C@@H](CC#CC#CC[C@H](NC(=O)[C@H](CC)NC)C(=O)N1CCC[C@H]1C(=O)N[C@@H]1CCCc2ccccc21)C(=O)N1CCC[C@H]1C(=O)N[C@@H]1CCCc2ccccc21.Cl.Cl. The van der Waals surface area contributed by atoms with Crippen LogP contribution in [0.15, 0.2) is 48.5 Å². The van der Waals surface area contributed by atoms with Gasteiger partial charge in [0.05, 0.1) is 24.2 Å². The Kier molecular flexibility index (Phi) is 21.3. The third-order valence-corrected chi connectivity index (χ3v) is 13.3. The number of likely N-dealkylation sites (tertiary alicyclic amines) is 2. The maximum atomic E-state index is 14.2.